The lowest BCUT2D eigenvalue weighted by atomic mass is 10.1. The van der Waals surface area contributed by atoms with E-state index in [4.69, 9.17) is 10.5 Å². The van der Waals surface area contributed by atoms with Crippen molar-refractivity contribution in [1.29, 1.82) is 0 Å². The molecule has 120 valence electrons. The van der Waals surface area contributed by atoms with Crippen molar-refractivity contribution in [2.75, 3.05) is 11.9 Å². The second-order valence-corrected chi connectivity index (χ2v) is 5.25. The van der Waals surface area contributed by atoms with Gasteiger partial charge in [-0.1, -0.05) is 25.1 Å². The van der Waals surface area contributed by atoms with Crippen molar-refractivity contribution in [3.8, 4) is 5.75 Å². The topological polar surface area (TPSA) is 81.4 Å². The summed E-state index contributed by atoms with van der Waals surface area (Å²) in [6, 6.07) is 12.7. The molecule has 0 spiro atoms. The molecule has 0 aliphatic heterocycles. The summed E-state index contributed by atoms with van der Waals surface area (Å²) in [4.78, 5) is 23.3. The molecular weight excluding hydrogens is 292 g/mol. The lowest BCUT2D eigenvalue weighted by Gasteiger charge is -2.11. The summed E-state index contributed by atoms with van der Waals surface area (Å²) in [5.74, 6) is -0.573. The fraction of sp³-hybridized carbons (Fsp3) is 0.222. The Morgan fingerprint density at radius 2 is 1.83 bits per heavy atom. The van der Waals surface area contributed by atoms with Crippen molar-refractivity contribution in [2.45, 2.75) is 20.3 Å². The molecule has 0 aliphatic rings. The van der Waals surface area contributed by atoms with E-state index in [0.717, 1.165) is 12.0 Å². The molecule has 0 bridgehead atoms. The number of hydrogen-bond donors (Lipinski definition) is 2. The fourth-order valence-electron chi connectivity index (χ4n) is 2.12. The standard InChI is InChI=1S/C18H20N2O3/c1-3-13-5-7-14(8-6-13)20-17(21)11-23-16-10-12(2)4-9-15(16)18(19)22/h4-10H,3,11H2,1-2H3,(H2,19,22)(H,20,21). The van der Waals surface area contributed by atoms with Crippen LogP contribution >= 0.6 is 0 Å². The summed E-state index contributed by atoms with van der Waals surface area (Å²) in [6.45, 7) is 3.74. The van der Waals surface area contributed by atoms with Crippen molar-refractivity contribution in [2.24, 2.45) is 5.73 Å². The third kappa shape index (κ3) is 4.57. The molecule has 0 heterocycles. The molecule has 0 radical (unpaired) electrons. The second kappa shape index (κ2) is 7.45. The number of anilines is 1. The Morgan fingerprint density at radius 1 is 1.13 bits per heavy atom. The van der Waals surface area contributed by atoms with Crippen LogP contribution in [0, 0.1) is 6.92 Å². The number of carbonyl (C=O) groups excluding carboxylic acids is 2. The zero-order valence-corrected chi connectivity index (χ0v) is 13.3. The predicted molar refractivity (Wildman–Crippen MR) is 89.6 cm³/mol. The third-order valence-corrected chi connectivity index (χ3v) is 3.41. The van der Waals surface area contributed by atoms with Gasteiger partial charge < -0.3 is 15.8 Å². The van der Waals surface area contributed by atoms with Crippen LogP contribution in [0.5, 0.6) is 5.75 Å². The molecule has 2 rings (SSSR count). The quantitative estimate of drug-likeness (QED) is 0.860. The molecule has 23 heavy (non-hydrogen) atoms. The maximum atomic E-state index is 12.0. The highest BCUT2D eigenvalue weighted by atomic mass is 16.5. The van der Waals surface area contributed by atoms with E-state index < -0.39 is 5.91 Å². The first-order valence-corrected chi connectivity index (χ1v) is 7.41. The SMILES string of the molecule is CCc1ccc(NC(=O)COc2cc(C)ccc2C(N)=O)cc1. The van der Waals surface area contributed by atoms with Crippen LogP contribution in [0.2, 0.25) is 0 Å². The van der Waals surface area contributed by atoms with Crippen LogP contribution in [-0.2, 0) is 11.2 Å². The second-order valence-electron chi connectivity index (χ2n) is 5.25. The van der Waals surface area contributed by atoms with Crippen LogP contribution in [0.15, 0.2) is 42.5 Å². The molecule has 0 aliphatic carbocycles. The highest BCUT2D eigenvalue weighted by molar-refractivity contribution is 5.96. The Labute approximate surface area is 135 Å². The van der Waals surface area contributed by atoms with E-state index in [1.807, 2.05) is 31.2 Å². The Morgan fingerprint density at radius 3 is 2.43 bits per heavy atom. The minimum absolute atomic E-state index is 0.195. The summed E-state index contributed by atoms with van der Waals surface area (Å²) in [5, 5.41) is 2.75. The highest BCUT2D eigenvalue weighted by Gasteiger charge is 2.11. The Balaban J connectivity index is 1.98. The number of aryl methyl sites for hydroxylation is 2. The summed E-state index contributed by atoms with van der Waals surface area (Å²) in [7, 11) is 0. The summed E-state index contributed by atoms with van der Waals surface area (Å²) < 4.78 is 5.45. The number of nitrogens with two attached hydrogens (primary N) is 1. The van der Waals surface area contributed by atoms with E-state index in [1.54, 1.807) is 18.2 Å². The molecule has 5 heteroatoms. The maximum absolute atomic E-state index is 12.0. The number of rotatable bonds is 6. The molecule has 0 atom stereocenters. The average molecular weight is 312 g/mol. The molecule has 0 saturated carbocycles. The summed E-state index contributed by atoms with van der Waals surface area (Å²) in [6.07, 6.45) is 0.945. The number of amides is 2. The molecule has 0 aromatic heterocycles. The van der Waals surface area contributed by atoms with Crippen molar-refractivity contribution in [3.05, 3.63) is 59.2 Å². The van der Waals surface area contributed by atoms with Gasteiger partial charge in [-0.25, -0.2) is 0 Å². The summed E-state index contributed by atoms with van der Waals surface area (Å²) in [5.41, 5.74) is 8.38. The first-order chi connectivity index (χ1) is 11.0. The number of benzene rings is 2. The van der Waals surface area contributed by atoms with Gasteiger partial charge >= 0.3 is 0 Å². The predicted octanol–water partition coefficient (Wildman–Crippen LogP) is 2.67. The smallest absolute Gasteiger partial charge is 0.262 e. The monoisotopic (exact) mass is 312 g/mol. The average Bonchev–Trinajstić information content (AvgIpc) is 2.53. The van der Waals surface area contributed by atoms with Crippen molar-refractivity contribution < 1.29 is 14.3 Å². The number of carbonyl (C=O) groups is 2. The molecular formula is C18H20N2O3. The number of hydrogen-bond acceptors (Lipinski definition) is 3. The lowest BCUT2D eigenvalue weighted by molar-refractivity contribution is -0.118. The fourth-order valence-corrected chi connectivity index (χ4v) is 2.12. The van der Waals surface area contributed by atoms with Crippen molar-refractivity contribution >= 4 is 17.5 Å². The molecule has 0 unspecified atom stereocenters. The van der Waals surface area contributed by atoms with Gasteiger partial charge in [0.05, 0.1) is 5.56 Å². The van der Waals surface area contributed by atoms with Crippen LogP contribution in [0.1, 0.15) is 28.4 Å². The molecule has 5 nitrogen and oxygen atoms in total. The zero-order chi connectivity index (χ0) is 16.8. The van der Waals surface area contributed by atoms with Crippen LogP contribution < -0.4 is 15.8 Å². The van der Waals surface area contributed by atoms with E-state index in [-0.39, 0.29) is 18.1 Å². The minimum Gasteiger partial charge on any atom is -0.483 e. The van der Waals surface area contributed by atoms with Crippen LogP contribution in [0.25, 0.3) is 0 Å². The van der Waals surface area contributed by atoms with Crippen LogP contribution in [-0.4, -0.2) is 18.4 Å². The van der Waals surface area contributed by atoms with Gasteiger partial charge in [-0.2, -0.15) is 0 Å². The van der Waals surface area contributed by atoms with Gasteiger partial charge in [0.15, 0.2) is 6.61 Å². The van der Waals surface area contributed by atoms with Crippen LogP contribution in [0.3, 0.4) is 0 Å². The largest absolute Gasteiger partial charge is 0.483 e. The maximum Gasteiger partial charge on any atom is 0.262 e. The van der Waals surface area contributed by atoms with Crippen molar-refractivity contribution in [3.63, 3.8) is 0 Å². The molecule has 0 saturated heterocycles. The van der Waals surface area contributed by atoms with Gasteiger partial charge in [0.1, 0.15) is 5.75 Å². The highest BCUT2D eigenvalue weighted by Crippen LogP contribution is 2.20. The third-order valence-electron chi connectivity index (χ3n) is 3.41. The van der Waals surface area contributed by atoms with E-state index in [0.29, 0.717) is 11.4 Å². The van der Waals surface area contributed by atoms with Crippen LogP contribution in [0.4, 0.5) is 5.69 Å². The minimum atomic E-state index is -0.587. The van der Waals surface area contributed by atoms with Crippen molar-refractivity contribution in [1.82, 2.24) is 0 Å². The number of nitrogens with one attached hydrogen (secondary N) is 1. The lowest BCUT2D eigenvalue weighted by Crippen LogP contribution is -2.21. The Bertz CT molecular complexity index is 709. The Kier molecular flexibility index (Phi) is 5.36. The molecule has 2 aromatic carbocycles. The molecule has 3 N–H and O–H groups in total. The van der Waals surface area contributed by atoms with Gasteiger partial charge in [-0.3, -0.25) is 9.59 Å². The van der Waals surface area contributed by atoms with Gasteiger partial charge in [-0.15, -0.1) is 0 Å². The van der Waals surface area contributed by atoms with E-state index in [1.165, 1.54) is 5.56 Å². The molecule has 2 amide bonds. The van der Waals surface area contributed by atoms with E-state index in [9.17, 15) is 9.59 Å². The van der Waals surface area contributed by atoms with E-state index >= 15 is 0 Å². The zero-order valence-electron chi connectivity index (χ0n) is 13.3. The van der Waals surface area contributed by atoms with Gasteiger partial charge in [0, 0.05) is 5.69 Å². The normalized spacial score (nSPS) is 10.2. The summed E-state index contributed by atoms with van der Waals surface area (Å²) >= 11 is 0. The first kappa shape index (κ1) is 16.5. The van der Waals surface area contributed by atoms with Gasteiger partial charge in [0.25, 0.3) is 11.8 Å². The van der Waals surface area contributed by atoms with Gasteiger partial charge in [0.2, 0.25) is 0 Å². The van der Waals surface area contributed by atoms with Gasteiger partial charge in [-0.05, 0) is 48.7 Å². The molecule has 0 fully saturated rings. The Hall–Kier alpha value is -2.82. The number of ether oxygens (including phenoxy) is 1. The van der Waals surface area contributed by atoms with E-state index in [2.05, 4.69) is 12.2 Å². The number of primary amides is 1. The molecule has 2 aromatic rings. The first-order valence-electron chi connectivity index (χ1n) is 7.41.